The van der Waals surface area contributed by atoms with E-state index in [0.29, 0.717) is 24.5 Å². The molecule has 1 aliphatic carbocycles. The van der Waals surface area contributed by atoms with Gasteiger partial charge in [-0.15, -0.1) is 5.17 Å². The Morgan fingerprint density at radius 3 is 2.50 bits per heavy atom. The number of benzene rings is 1. The van der Waals surface area contributed by atoms with Crippen LogP contribution in [0.5, 0.6) is 0 Å². The van der Waals surface area contributed by atoms with Crippen LogP contribution >= 0.6 is 12.2 Å². The van der Waals surface area contributed by atoms with Crippen molar-refractivity contribution in [3.05, 3.63) is 35.4 Å². The van der Waals surface area contributed by atoms with Crippen LogP contribution in [-0.2, 0) is 9.63 Å². The maximum atomic E-state index is 12.7. The first-order chi connectivity index (χ1) is 11.6. The van der Waals surface area contributed by atoms with Crippen molar-refractivity contribution in [3.63, 3.8) is 0 Å². The summed E-state index contributed by atoms with van der Waals surface area (Å²) in [6.45, 7) is 2.37. The fourth-order valence-electron chi connectivity index (χ4n) is 2.37. The van der Waals surface area contributed by atoms with Crippen LogP contribution in [0.1, 0.15) is 60.9 Å². The van der Waals surface area contributed by atoms with Gasteiger partial charge >= 0.3 is 0 Å². The van der Waals surface area contributed by atoms with Crippen LogP contribution in [0.2, 0.25) is 0 Å². The molecule has 2 rings (SSSR count). The first kappa shape index (κ1) is 18.4. The Bertz CT molecular complexity index is 587. The highest BCUT2D eigenvalue weighted by Crippen LogP contribution is 2.39. The number of hydrogen-bond donors (Lipinski definition) is 1. The van der Waals surface area contributed by atoms with Gasteiger partial charge < -0.3 is 5.73 Å². The van der Waals surface area contributed by atoms with Crippen molar-refractivity contribution in [2.75, 3.05) is 6.61 Å². The number of nitrogens with two attached hydrogens (primary N) is 1. The maximum absolute atomic E-state index is 12.7. The van der Waals surface area contributed by atoms with Crippen molar-refractivity contribution < 1.29 is 14.4 Å². The van der Waals surface area contributed by atoms with Crippen molar-refractivity contribution in [1.82, 2.24) is 10.2 Å². The molecular formula is C17H23N3O3S. The smallest absolute Gasteiger partial charge is 0.281 e. The molecule has 0 aliphatic heterocycles. The number of carbonyl (C=O) groups is 2. The molecule has 1 aromatic carbocycles. The van der Waals surface area contributed by atoms with Crippen LogP contribution in [0.15, 0.2) is 24.3 Å². The number of amides is 2. The molecule has 0 bridgehead atoms. The molecule has 1 aliphatic rings. The van der Waals surface area contributed by atoms with Gasteiger partial charge in [-0.3, -0.25) is 14.4 Å². The van der Waals surface area contributed by atoms with Gasteiger partial charge in [-0.2, -0.15) is 5.01 Å². The second-order valence-corrected chi connectivity index (χ2v) is 6.22. The predicted octanol–water partition coefficient (Wildman–Crippen LogP) is 2.75. The minimum absolute atomic E-state index is 0.242. The van der Waals surface area contributed by atoms with Gasteiger partial charge in [-0.05, 0) is 55.1 Å². The Morgan fingerprint density at radius 2 is 2.00 bits per heavy atom. The Kier molecular flexibility index (Phi) is 6.69. The standard InChI is InChI=1S/C17H23N3O3S/c1-2-3-4-11-23-19(12-21)20(17(18)24)16(22)15-9-7-14(8-10-15)13-5-6-13/h7-10,12-13H,2-6,11H2,1H3,(H2,18,24). The largest absolute Gasteiger partial charge is 0.374 e. The van der Waals surface area contributed by atoms with E-state index in [0.717, 1.165) is 29.4 Å². The van der Waals surface area contributed by atoms with E-state index in [1.807, 2.05) is 12.1 Å². The van der Waals surface area contributed by atoms with Crippen LogP contribution < -0.4 is 5.73 Å². The quantitative estimate of drug-likeness (QED) is 0.321. The van der Waals surface area contributed by atoms with Gasteiger partial charge in [0.25, 0.3) is 12.3 Å². The molecule has 1 fully saturated rings. The molecule has 0 spiro atoms. The zero-order chi connectivity index (χ0) is 17.5. The van der Waals surface area contributed by atoms with E-state index in [9.17, 15) is 9.59 Å². The fraction of sp³-hybridized carbons (Fsp3) is 0.471. The molecule has 0 saturated heterocycles. The summed E-state index contributed by atoms with van der Waals surface area (Å²) in [6.07, 6.45) is 5.54. The normalized spacial score (nSPS) is 13.4. The Hall–Kier alpha value is -1.99. The molecule has 1 aromatic rings. The van der Waals surface area contributed by atoms with Gasteiger partial charge in [0.2, 0.25) is 0 Å². The summed E-state index contributed by atoms with van der Waals surface area (Å²) >= 11 is 4.92. The molecule has 0 unspecified atom stereocenters. The van der Waals surface area contributed by atoms with Gasteiger partial charge in [-0.1, -0.05) is 31.9 Å². The molecule has 2 amide bonds. The average molecular weight is 349 g/mol. The van der Waals surface area contributed by atoms with Gasteiger partial charge in [0.05, 0.1) is 6.61 Å². The fourth-order valence-corrected chi connectivity index (χ4v) is 2.53. The summed E-state index contributed by atoms with van der Waals surface area (Å²) in [5, 5.41) is 1.41. The first-order valence-corrected chi connectivity index (χ1v) is 8.60. The van der Waals surface area contributed by atoms with Gasteiger partial charge in [0.15, 0.2) is 5.11 Å². The second kappa shape index (κ2) is 8.75. The third kappa shape index (κ3) is 4.75. The highest BCUT2D eigenvalue weighted by atomic mass is 32.1. The van der Waals surface area contributed by atoms with Gasteiger partial charge in [0.1, 0.15) is 0 Å². The molecule has 0 aromatic heterocycles. The zero-order valence-corrected chi connectivity index (χ0v) is 14.6. The van der Waals surface area contributed by atoms with Gasteiger partial charge in [-0.25, -0.2) is 0 Å². The summed E-state index contributed by atoms with van der Waals surface area (Å²) in [4.78, 5) is 29.3. The molecular weight excluding hydrogens is 326 g/mol. The third-order valence-corrected chi connectivity index (χ3v) is 4.04. The number of hydrogen-bond acceptors (Lipinski definition) is 4. The average Bonchev–Trinajstić information content (AvgIpc) is 3.42. The molecule has 1 saturated carbocycles. The number of carbonyl (C=O) groups excluding carboxylic acids is 2. The molecule has 0 heterocycles. The summed E-state index contributed by atoms with van der Waals surface area (Å²) in [7, 11) is 0. The molecule has 24 heavy (non-hydrogen) atoms. The van der Waals surface area contributed by atoms with Crippen molar-refractivity contribution in [3.8, 4) is 0 Å². The molecule has 0 radical (unpaired) electrons. The zero-order valence-electron chi connectivity index (χ0n) is 13.8. The lowest BCUT2D eigenvalue weighted by Crippen LogP contribution is -2.51. The number of unbranched alkanes of at least 4 members (excludes halogenated alkanes) is 2. The van der Waals surface area contributed by atoms with E-state index in [1.54, 1.807) is 12.1 Å². The summed E-state index contributed by atoms with van der Waals surface area (Å²) in [6, 6.07) is 7.30. The van der Waals surface area contributed by atoms with Crippen LogP contribution in [-0.4, -0.2) is 34.2 Å². The highest BCUT2D eigenvalue weighted by molar-refractivity contribution is 7.80. The molecule has 2 N–H and O–H groups in total. The van der Waals surface area contributed by atoms with E-state index >= 15 is 0 Å². The molecule has 6 nitrogen and oxygen atoms in total. The Labute approximate surface area is 147 Å². The first-order valence-electron chi connectivity index (χ1n) is 8.19. The van der Waals surface area contributed by atoms with E-state index < -0.39 is 5.91 Å². The lowest BCUT2D eigenvalue weighted by Gasteiger charge is -2.28. The minimum Gasteiger partial charge on any atom is -0.374 e. The van der Waals surface area contributed by atoms with Crippen LogP contribution in [0.4, 0.5) is 0 Å². The Morgan fingerprint density at radius 1 is 1.33 bits per heavy atom. The molecule has 7 heteroatoms. The van der Waals surface area contributed by atoms with E-state index in [-0.39, 0.29) is 5.11 Å². The summed E-state index contributed by atoms with van der Waals surface area (Å²) in [5.74, 6) is 0.113. The second-order valence-electron chi connectivity index (χ2n) is 5.80. The maximum Gasteiger partial charge on any atom is 0.281 e. The monoisotopic (exact) mass is 349 g/mol. The highest BCUT2D eigenvalue weighted by Gasteiger charge is 2.27. The van der Waals surface area contributed by atoms with Crippen molar-refractivity contribution in [2.45, 2.75) is 44.9 Å². The summed E-state index contributed by atoms with van der Waals surface area (Å²) in [5.41, 5.74) is 7.24. The number of hydrazine groups is 1. The molecule has 0 atom stereocenters. The van der Waals surface area contributed by atoms with Crippen molar-refractivity contribution >= 4 is 29.6 Å². The van der Waals surface area contributed by atoms with Crippen LogP contribution in [0.3, 0.4) is 0 Å². The van der Waals surface area contributed by atoms with Gasteiger partial charge in [0, 0.05) is 5.56 Å². The number of thiocarbonyl (C=S) groups is 1. The van der Waals surface area contributed by atoms with Crippen molar-refractivity contribution in [1.29, 1.82) is 0 Å². The minimum atomic E-state index is -0.493. The number of rotatable bonds is 9. The Balaban J connectivity index is 2.07. The lowest BCUT2D eigenvalue weighted by molar-refractivity contribution is -0.221. The summed E-state index contributed by atoms with van der Waals surface area (Å²) < 4.78 is 0. The predicted molar refractivity (Wildman–Crippen MR) is 94.8 cm³/mol. The van der Waals surface area contributed by atoms with Crippen molar-refractivity contribution in [2.24, 2.45) is 5.73 Å². The number of nitrogens with zero attached hydrogens (tertiary/aromatic N) is 2. The van der Waals surface area contributed by atoms with E-state index in [4.69, 9.17) is 22.8 Å². The van der Waals surface area contributed by atoms with Crippen LogP contribution in [0.25, 0.3) is 0 Å². The lowest BCUT2D eigenvalue weighted by atomic mass is 10.1. The van der Waals surface area contributed by atoms with E-state index in [1.165, 1.54) is 18.4 Å². The topological polar surface area (TPSA) is 75.9 Å². The third-order valence-electron chi connectivity index (χ3n) is 3.87. The number of hydroxylamine groups is 1. The van der Waals surface area contributed by atoms with Crippen LogP contribution in [0, 0.1) is 0 Å². The van der Waals surface area contributed by atoms with E-state index in [2.05, 4.69) is 6.92 Å². The SMILES string of the molecule is CCCCCON(C=O)N(C(=O)c1ccc(C2CC2)cc1)C(N)=S. The molecule has 130 valence electrons.